The minimum absolute atomic E-state index is 0.177. The Balaban J connectivity index is 1.45. The summed E-state index contributed by atoms with van der Waals surface area (Å²) in [6.07, 6.45) is 1.79. The monoisotopic (exact) mass is 389 g/mol. The Morgan fingerprint density at radius 3 is 2.79 bits per heavy atom. The maximum absolute atomic E-state index is 12.8. The highest BCUT2D eigenvalue weighted by atomic mass is 16.5. The third-order valence-corrected chi connectivity index (χ3v) is 5.55. The first-order valence-corrected chi connectivity index (χ1v) is 9.56. The lowest BCUT2D eigenvalue weighted by Gasteiger charge is -2.35. The number of nitrogens with one attached hydrogen (secondary N) is 5. The molecule has 1 aromatic rings. The van der Waals surface area contributed by atoms with E-state index in [1.54, 1.807) is 6.07 Å². The molecule has 2 saturated heterocycles. The second-order valence-electron chi connectivity index (χ2n) is 7.31. The smallest absolute Gasteiger partial charge is 0.339 e. The van der Waals surface area contributed by atoms with Crippen molar-refractivity contribution < 1.29 is 14.3 Å². The lowest BCUT2D eigenvalue weighted by Crippen LogP contribution is -2.60. The van der Waals surface area contributed by atoms with Crippen molar-refractivity contribution in [3.63, 3.8) is 0 Å². The standard InChI is InChI=1S/C18H27N7O3/c1-24-15-8-14(12(18(27)28-2)7-11(15)9-20-24)21-17(26)13-3-4-16(23-22-13)25-6-5-19-10-25/h7-8,13,16,19-20,22-23H,3-6,9-10H2,1-2H3,(H,21,26). The lowest BCUT2D eigenvalue weighted by atomic mass is 10.0. The van der Waals surface area contributed by atoms with E-state index >= 15 is 0 Å². The van der Waals surface area contributed by atoms with E-state index in [0.717, 1.165) is 37.4 Å². The van der Waals surface area contributed by atoms with Crippen molar-refractivity contribution >= 4 is 23.3 Å². The summed E-state index contributed by atoms with van der Waals surface area (Å²) >= 11 is 0. The van der Waals surface area contributed by atoms with E-state index in [0.29, 0.717) is 24.2 Å². The van der Waals surface area contributed by atoms with Crippen LogP contribution in [-0.2, 0) is 16.1 Å². The number of ether oxygens (including phenoxy) is 1. The average molecular weight is 389 g/mol. The zero-order chi connectivity index (χ0) is 19.7. The van der Waals surface area contributed by atoms with Gasteiger partial charge in [0, 0.05) is 33.4 Å². The molecule has 10 nitrogen and oxygen atoms in total. The molecule has 1 aromatic carbocycles. The highest BCUT2D eigenvalue weighted by molar-refractivity contribution is 6.04. The van der Waals surface area contributed by atoms with Crippen LogP contribution in [0, 0.1) is 0 Å². The Hall–Kier alpha value is -2.24. The molecule has 152 valence electrons. The maximum atomic E-state index is 12.8. The van der Waals surface area contributed by atoms with Crippen LogP contribution < -0.4 is 31.9 Å². The Bertz CT molecular complexity index is 758. The van der Waals surface area contributed by atoms with E-state index in [1.165, 1.54) is 7.11 Å². The largest absolute Gasteiger partial charge is 0.465 e. The molecule has 3 aliphatic heterocycles. The van der Waals surface area contributed by atoms with Gasteiger partial charge in [-0.05, 0) is 30.5 Å². The molecule has 2 fully saturated rings. The third-order valence-electron chi connectivity index (χ3n) is 5.55. The molecular formula is C18H27N7O3. The fourth-order valence-electron chi connectivity index (χ4n) is 3.90. The van der Waals surface area contributed by atoms with Gasteiger partial charge in [0.25, 0.3) is 0 Å². The van der Waals surface area contributed by atoms with Gasteiger partial charge in [-0.25, -0.2) is 21.1 Å². The predicted molar refractivity (Wildman–Crippen MR) is 104 cm³/mol. The molecule has 2 atom stereocenters. The van der Waals surface area contributed by atoms with Gasteiger partial charge in [0.15, 0.2) is 0 Å². The number of hydrazine groups is 2. The van der Waals surface area contributed by atoms with Crippen LogP contribution in [0.1, 0.15) is 28.8 Å². The first kappa shape index (κ1) is 19.1. The molecule has 28 heavy (non-hydrogen) atoms. The number of amides is 1. The predicted octanol–water partition coefficient (Wildman–Crippen LogP) is -0.688. The fraction of sp³-hybridized carbons (Fsp3) is 0.556. The number of nitrogens with zero attached hydrogens (tertiary/aromatic N) is 2. The van der Waals surface area contributed by atoms with Crippen molar-refractivity contribution in [1.82, 2.24) is 26.5 Å². The number of anilines is 2. The number of hydrogen-bond donors (Lipinski definition) is 5. The van der Waals surface area contributed by atoms with Crippen LogP contribution in [0.3, 0.4) is 0 Å². The zero-order valence-electron chi connectivity index (χ0n) is 16.2. The van der Waals surface area contributed by atoms with Gasteiger partial charge in [-0.1, -0.05) is 0 Å². The van der Waals surface area contributed by atoms with Crippen LogP contribution in [0.25, 0.3) is 0 Å². The van der Waals surface area contributed by atoms with Gasteiger partial charge in [0.1, 0.15) is 6.04 Å². The molecule has 5 N–H and O–H groups in total. The summed E-state index contributed by atoms with van der Waals surface area (Å²) in [6.45, 7) is 3.47. The summed E-state index contributed by atoms with van der Waals surface area (Å²) in [7, 11) is 3.24. The minimum atomic E-state index is -0.469. The van der Waals surface area contributed by atoms with Crippen LogP contribution in [-0.4, -0.2) is 62.9 Å². The molecule has 0 bridgehead atoms. The van der Waals surface area contributed by atoms with Crippen molar-refractivity contribution in [2.45, 2.75) is 31.6 Å². The summed E-state index contributed by atoms with van der Waals surface area (Å²) < 4.78 is 4.90. The summed E-state index contributed by atoms with van der Waals surface area (Å²) in [5.41, 5.74) is 12.3. The van der Waals surface area contributed by atoms with E-state index in [-0.39, 0.29) is 18.1 Å². The van der Waals surface area contributed by atoms with E-state index in [4.69, 9.17) is 4.74 Å². The summed E-state index contributed by atoms with van der Waals surface area (Å²) in [6, 6.07) is 3.21. The Kier molecular flexibility index (Phi) is 5.47. The third kappa shape index (κ3) is 3.69. The molecule has 3 aliphatic rings. The van der Waals surface area contributed by atoms with Crippen molar-refractivity contribution in [3.8, 4) is 0 Å². The number of carbonyl (C=O) groups excluding carboxylic acids is 2. The molecule has 0 spiro atoms. The van der Waals surface area contributed by atoms with Gasteiger partial charge in [-0.15, -0.1) is 0 Å². The number of rotatable bonds is 4. The van der Waals surface area contributed by atoms with Crippen molar-refractivity contribution in [2.75, 3.05) is 44.2 Å². The van der Waals surface area contributed by atoms with Gasteiger partial charge in [0.2, 0.25) is 5.91 Å². The van der Waals surface area contributed by atoms with E-state index in [2.05, 4.69) is 31.8 Å². The zero-order valence-corrected chi connectivity index (χ0v) is 16.2. The van der Waals surface area contributed by atoms with Gasteiger partial charge >= 0.3 is 5.97 Å². The topological polar surface area (TPSA) is 110 Å². The molecule has 1 amide bonds. The first-order chi connectivity index (χ1) is 13.6. The molecule has 10 heteroatoms. The second-order valence-corrected chi connectivity index (χ2v) is 7.31. The minimum Gasteiger partial charge on any atom is -0.465 e. The number of hydrogen-bond acceptors (Lipinski definition) is 9. The van der Waals surface area contributed by atoms with Crippen LogP contribution in [0.4, 0.5) is 11.4 Å². The normalized spacial score (nSPS) is 24.9. The molecule has 0 aromatic heterocycles. The van der Waals surface area contributed by atoms with Gasteiger partial charge in [-0.2, -0.15) is 0 Å². The van der Waals surface area contributed by atoms with Crippen molar-refractivity contribution in [1.29, 1.82) is 0 Å². The van der Waals surface area contributed by atoms with Gasteiger partial charge < -0.3 is 20.4 Å². The molecule has 0 aliphatic carbocycles. The van der Waals surface area contributed by atoms with Crippen LogP contribution in [0.2, 0.25) is 0 Å². The van der Waals surface area contributed by atoms with Crippen LogP contribution >= 0.6 is 0 Å². The van der Waals surface area contributed by atoms with Crippen LogP contribution in [0.5, 0.6) is 0 Å². The highest BCUT2D eigenvalue weighted by Crippen LogP contribution is 2.31. The summed E-state index contributed by atoms with van der Waals surface area (Å²) in [5, 5.41) is 8.09. The van der Waals surface area contributed by atoms with E-state index in [9.17, 15) is 9.59 Å². The maximum Gasteiger partial charge on any atom is 0.339 e. The average Bonchev–Trinajstić information content (AvgIpc) is 3.37. The number of methoxy groups -OCH3 is 1. The Morgan fingerprint density at radius 2 is 2.11 bits per heavy atom. The van der Waals surface area contributed by atoms with E-state index in [1.807, 2.05) is 18.1 Å². The molecule has 4 rings (SSSR count). The summed E-state index contributed by atoms with van der Waals surface area (Å²) in [5.74, 6) is -0.645. The number of benzene rings is 1. The SMILES string of the molecule is COC(=O)c1cc2c(cc1NC(=O)C1CCC(N3CCNC3)NN1)N(C)NC2. The van der Waals surface area contributed by atoms with Crippen molar-refractivity contribution in [2.24, 2.45) is 0 Å². The molecule has 0 radical (unpaired) electrons. The lowest BCUT2D eigenvalue weighted by molar-refractivity contribution is -0.119. The number of esters is 1. The second kappa shape index (κ2) is 8.02. The first-order valence-electron chi connectivity index (χ1n) is 9.56. The van der Waals surface area contributed by atoms with Crippen LogP contribution in [0.15, 0.2) is 12.1 Å². The molecule has 0 saturated carbocycles. The van der Waals surface area contributed by atoms with E-state index < -0.39 is 5.97 Å². The van der Waals surface area contributed by atoms with Gasteiger partial charge in [0.05, 0.1) is 30.2 Å². The molecule has 2 unspecified atom stereocenters. The number of fused-ring (bicyclic) bond motifs is 1. The van der Waals surface area contributed by atoms with Crippen molar-refractivity contribution in [3.05, 3.63) is 23.3 Å². The Labute approximate surface area is 163 Å². The fourth-order valence-corrected chi connectivity index (χ4v) is 3.90. The quantitative estimate of drug-likeness (QED) is 0.428. The highest BCUT2D eigenvalue weighted by Gasteiger charge is 2.31. The number of carbonyl (C=O) groups is 2. The van der Waals surface area contributed by atoms with Gasteiger partial charge in [-0.3, -0.25) is 9.69 Å². The molecular weight excluding hydrogens is 362 g/mol. The molecule has 3 heterocycles. The Morgan fingerprint density at radius 1 is 1.25 bits per heavy atom. The summed E-state index contributed by atoms with van der Waals surface area (Å²) in [4.78, 5) is 27.3.